The van der Waals surface area contributed by atoms with Gasteiger partial charge in [0.2, 0.25) is 0 Å². The minimum Gasteiger partial charge on any atom is -0.507 e. The summed E-state index contributed by atoms with van der Waals surface area (Å²) in [5.74, 6) is 0.370. The second-order valence-electron chi connectivity index (χ2n) is 5.23. The Morgan fingerprint density at radius 1 is 1.44 bits per heavy atom. The van der Waals surface area contributed by atoms with Crippen LogP contribution in [0.1, 0.15) is 36.8 Å². The van der Waals surface area contributed by atoms with Gasteiger partial charge in [0.15, 0.2) is 0 Å². The first-order valence-corrected chi connectivity index (χ1v) is 6.03. The molecule has 1 N–H and O–H groups in total. The number of rotatable bonds is 2. The van der Waals surface area contributed by atoms with Crippen molar-refractivity contribution in [3.05, 3.63) is 29.3 Å². The summed E-state index contributed by atoms with van der Waals surface area (Å²) in [6, 6.07) is 6.32. The molecule has 3 rings (SSSR count). The van der Waals surface area contributed by atoms with E-state index in [1.165, 1.54) is 25.7 Å². The lowest BCUT2D eigenvalue weighted by atomic mass is 9.81. The van der Waals surface area contributed by atoms with E-state index in [2.05, 4.69) is 4.99 Å². The third-order valence-corrected chi connectivity index (χ3v) is 4.16. The van der Waals surface area contributed by atoms with Gasteiger partial charge in [0, 0.05) is 11.8 Å². The Labute approximate surface area is 96.0 Å². The first-order valence-electron chi connectivity index (χ1n) is 6.03. The zero-order valence-electron chi connectivity index (χ0n) is 9.61. The van der Waals surface area contributed by atoms with Crippen molar-refractivity contribution in [2.45, 2.75) is 38.6 Å². The first kappa shape index (κ1) is 9.88. The van der Waals surface area contributed by atoms with Crippen LogP contribution in [-0.4, -0.2) is 17.4 Å². The second-order valence-corrected chi connectivity index (χ2v) is 5.23. The van der Waals surface area contributed by atoms with Crippen LogP contribution in [0.25, 0.3) is 0 Å². The number of phenolic OH excluding ortho intramolecular Hbond substituents is 1. The van der Waals surface area contributed by atoms with Crippen molar-refractivity contribution in [2.75, 3.05) is 0 Å². The van der Waals surface area contributed by atoms with Crippen molar-refractivity contribution in [2.24, 2.45) is 10.4 Å². The van der Waals surface area contributed by atoms with E-state index in [0.717, 1.165) is 11.1 Å². The van der Waals surface area contributed by atoms with Crippen molar-refractivity contribution in [3.8, 4) is 5.75 Å². The third kappa shape index (κ3) is 1.44. The van der Waals surface area contributed by atoms with Crippen LogP contribution in [0.3, 0.4) is 0 Å². The number of aromatic hydroxyl groups is 1. The molecular formula is C14H17NO. The number of phenols is 1. The van der Waals surface area contributed by atoms with E-state index >= 15 is 0 Å². The summed E-state index contributed by atoms with van der Waals surface area (Å²) in [6.45, 7) is 1.91. The maximum atomic E-state index is 9.84. The topological polar surface area (TPSA) is 32.6 Å². The lowest BCUT2D eigenvalue weighted by Crippen LogP contribution is -2.15. The smallest absolute Gasteiger partial charge is 0.127 e. The molecule has 1 spiro atoms. The minimum absolute atomic E-state index is 0.370. The number of aliphatic imine (C=N–C) groups is 1. The van der Waals surface area contributed by atoms with Gasteiger partial charge < -0.3 is 5.11 Å². The van der Waals surface area contributed by atoms with Crippen molar-refractivity contribution >= 4 is 6.21 Å². The number of benzene rings is 1. The van der Waals surface area contributed by atoms with Gasteiger partial charge in [-0.2, -0.15) is 0 Å². The molecule has 16 heavy (non-hydrogen) atoms. The van der Waals surface area contributed by atoms with E-state index in [9.17, 15) is 5.11 Å². The molecule has 1 atom stereocenters. The predicted molar refractivity (Wildman–Crippen MR) is 65.1 cm³/mol. The highest BCUT2D eigenvalue weighted by molar-refractivity contribution is 5.84. The van der Waals surface area contributed by atoms with Crippen LogP contribution in [-0.2, 0) is 0 Å². The normalized spacial score (nSPS) is 25.9. The molecule has 2 saturated carbocycles. The Morgan fingerprint density at radius 2 is 2.25 bits per heavy atom. The Hall–Kier alpha value is -1.31. The van der Waals surface area contributed by atoms with Gasteiger partial charge in [0.05, 0.1) is 6.04 Å². The van der Waals surface area contributed by atoms with E-state index < -0.39 is 0 Å². The highest BCUT2D eigenvalue weighted by Gasteiger charge is 2.57. The molecule has 2 aliphatic carbocycles. The summed E-state index contributed by atoms with van der Waals surface area (Å²) in [5.41, 5.74) is 2.34. The van der Waals surface area contributed by atoms with Gasteiger partial charge in [-0.3, -0.25) is 4.99 Å². The number of para-hydroxylation sites is 1. The zero-order valence-corrected chi connectivity index (χ0v) is 9.61. The quantitative estimate of drug-likeness (QED) is 0.755. The molecule has 0 bridgehead atoms. The average Bonchev–Trinajstić information content (AvgIpc) is 2.95. The lowest BCUT2D eigenvalue weighted by Gasteiger charge is -2.25. The van der Waals surface area contributed by atoms with Gasteiger partial charge in [-0.25, -0.2) is 0 Å². The molecule has 0 amide bonds. The Kier molecular flexibility index (Phi) is 2.06. The van der Waals surface area contributed by atoms with Crippen LogP contribution < -0.4 is 0 Å². The summed E-state index contributed by atoms with van der Waals surface area (Å²) < 4.78 is 0. The molecule has 2 heteroatoms. The standard InChI is InChI=1S/C14H17NO/c1-10-4-2-5-11(13(10)16)9-15-12-8-14(12)6-3-7-14/h2,4-5,9,12,16H,3,6-8H2,1H3. The fourth-order valence-corrected chi connectivity index (χ4v) is 2.66. The van der Waals surface area contributed by atoms with Crippen LogP contribution in [0.15, 0.2) is 23.2 Å². The SMILES string of the molecule is Cc1cccc(C=NC2CC23CCC3)c1O. The van der Waals surface area contributed by atoms with Gasteiger partial charge in [-0.15, -0.1) is 0 Å². The number of nitrogens with zero attached hydrogens (tertiary/aromatic N) is 1. The fourth-order valence-electron chi connectivity index (χ4n) is 2.66. The molecule has 2 nitrogen and oxygen atoms in total. The summed E-state index contributed by atoms with van der Waals surface area (Å²) in [5, 5.41) is 9.84. The fraction of sp³-hybridized carbons (Fsp3) is 0.500. The molecule has 1 aromatic rings. The van der Waals surface area contributed by atoms with Crippen LogP contribution in [0.5, 0.6) is 5.75 Å². The highest BCUT2D eigenvalue weighted by atomic mass is 16.3. The number of aryl methyl sites for hydroxylation is 1. The maximum Gasteiger partial charge on any atom is 0.127 e. The van der Waals surface area contributed by atoms with Crippen LogP contribution >= 0.6 is 0 Å². The molecule has 0 aromatic heterocycles. The monoisotopic (exact) mass is 215 g/mol. The van der Waals surface area contributed by atoms with E-state index in [4.69, 9.17) is 0 Å². The minimum atomic E-state index is 0.370. The molecule has 84 valence electrons. The van der Waals surface area contributed by atoms with Crippen LogP contribution in [0.2, 0.25) is 0 Å². The highest BCUT2D eigenvalue weighted by Crippen LogP contribution is 2.62. The summed E-state index contributed by atoms with van der Waals surface area (Å²) in [4.78, 5) is 4.60. The molecule has 0 radical (unpaired) electrons. The Bertz CT molecular complexity index is 446. The van der Waals surface area contributed by atoms with E-state index in [1.54, 1.807) is 0 Å². The average molecular weight is 215 g/mol. The molecule has 2 fully saturated rings. The summed E-state index contributed by atoms with van der Waals surface area (Å²) in [7, 11) is 0. The Morgan fingerprint density at radius 3 is 2.88 bits per heavy atom. The molecule has 0 heterocycles. The van der Waals surface area contributed by atoms with Gasteiger partial charge in [0.25, 0.3) is 0 Å². The summed E-state index contributed by atoms with van der Waals surface area (Å²) in [6.07, 6.45) is 7.20. The van der Waals surface area contributed by atoms with Crippen molar-refractivity contribution in [3.63, 3.8) is 0 Å². The van der Waals surface area contributed by atoms with E-state index in [0.29, 0.717) is 17.2 Å². The predicted octanol–water partition coefficient (Wildman–Crippen LogP) is 3.06. The van der Waals surface area contributed by atoms with Crippen LogP contribution in [0, 0.1) is 12.3 Å². The van der Waals surface area contributed by atoms with E-state index in [-0.39, 0.29) is 0 Å². The lowest BCUT2D eigenvalue weighted by molar-refractivity contribution is 0.278. The summed E-state index contributed by atoms with van der Waals surface area (Å²) >= 11 is 0. The largest absolute Gasteiger partial charge is 0.507 e. The van der Waals surface area contributed by atoms with Crippen LogP contribution in [0.4, 0.5) is 0 Å². The Balaban J connectivity index is 1.74. The first-order chi connectivity index (χ1) is 7.71. The second kappa shape index (κ2) is 3.34. The molecular weight excluding hydrogens is 198 g/mol. The molecule has 2 aliphatic rings. The molecule has 1 aromatic carbocycles. The molecule has 1 unspecified atom stereocenters. The van der Waals surface area contributed by atoms with Crippen molar-refractivity contribution in [1.29, 1.82) is 0 Å². The number of hydrogen-bond acceptors (Lipinski definition) is 2. The van der Waals surface area contributed by atoms with Crippen molar-refractivity contribution < 1.29 is 5.11 Å². The molecule has 0 aliphatic heterocycles. The zero-order chi connectivity index (χ0) is 11.2. The van der Waals surface area contributed by atoms with Crippen molar-refractivity contribution in [1.82, 2.24) is 0 Å². The van der Waals surface area contributed by atoms with Gasteiger partial charge in [-0.1, -0.05) is 18.6 Å². The maximum absolute atomic E-state index is 9.84. The van der Waals surface area contributed by atoms with E-state index in [1.807, 2.05) is 31.3 Å². The van der Waals surface area contributed by atoms with Gasteiger partial charge in [-0.05, 0) is 43.2 Å². The third-order valence-electron chi connectivity index (χ3n) is 4.16. The van der Waals surface area contributed by atoms with Gasteiger partial charge >= 0.3 is 0 Å². The molecule has 0 saturated heterocycles. The van der Waals surface area contributed by atoms with Gasteiger partial charge in [0.1, 0.15) is 5.75 Å². The number of hydrogen-bond donors (Lipinski definition) is 1.